The molecule has 1 fully saturated rings. The highest BCUT2D eigenvalue weighted by molar-refractivity contribution is 7.10. The minimum absolute atomic E-state index is 0.0396. The van der Waals surface area contributed by atoms with Crippen molar-refractivity contribution in [1.29, 1.82) is 0 Å². The van der Waals surface area contributed by atoms with Crippen molar-refractivity contribution >= 4 is 22.9 Å². The molecule has 0 aliphatic heterocycles. The van der Waals surface area contributed by atoms with Gasteiger partial charge in [0.2, 0.25) is 5.82 Å². The highest BCUT2D eigenvalue weighted by Crippen LogP contribution is 2.37. The number of nitrogens with zero attached hydrogens (tertiary/aromatic N) is 1. The summed E-state index contributed by atoms with van der Waals surface area (Å²) in [4.78, 5) is 23.2. The zero-order valence-electron chi connectivity index (χ0n) is 14.0. The molecule has 3 rings (SSSR count). The lowest BCUT2D eigenvalue weighted by molar-refractivity contribution is -0.387. The van der Waals surface area contributed by atoms with Gasteiger partial charge in [-0.15, -0.1) is 11.3 Å². The van der Waals surface area contributed by atoms with Gasteiger partial charge < -0.3 is 10.1 Å². The number of nitro groups is 1. The van der Waals surface area contributed by atoms with Crippen LogP contribution < -0.4 is 10.1 Å². The first-order chi connectivity index (χ1) is 12.5. The van der Waals surface area contributed by atoms with Crippen molar-refractivity contribution in [2.24, 2.45) is 5.92 Å². The number of hydrogen-bond donors (Lipinski definition) is 1. The van der Waals surface area contributed by atoms with Crippen molar-refractivity contribution < 1.29 is 18.8 Å². The highest BCUT2D eigenvalue weighted by atomic mass is 32.1. The molecule has 1 atom stereocenters. The van der Waals surface area contributed by atoms with E-state index in [0.717, 1.165) is 29.9 Å². The van der Waals surface area contributed by atoms with Crippen molar-refractivity contribution in [3.63, 3.8) is 0 Å². The number of halogens is 1. The van der Waals surface area contributed by atoms with Crippen LogP contribution >= 0.6 is 11.3 Å². The molecule has 0 saturated heterocycles. The fourth-order valence-corrected chi connectivity index (χ4v) is 4.14. The Kier molecular flexibility index (Phi) is 5.82. The molecule has 1 heterocycles. The van der Waals surface area contributed by atoms with E-state index in [-0.39, 0.29) is 24.3 Å². The van der Waals surface area contributed by atoms with Gasteiger partial charge in [-0.3, -0.25) is 14.9 Å². The van der Waals surface area contributed by atoms with Gasteiger partial charge in [-0.2, -0.15) is 4.39 Å². The quantitative estimate of drug-likeness (QED) is 0.578. The van der Waals surface area contributed by atoms with E-state index in [1.165, 1.54) is 18.9 Å². The number of nitro benzene ring substituents is 1. The lowest BCUT2D eigenvalue weighted by atomic mass is 9.96. The second-order valence-electron chi connectivity index (χ2n) is 6.26. The number of carbonyl (C=O) groups is 1. The maximum atomic E-state index is 13.6. The van der Waals surface area contributed by atoms with Crippen LogP contribution in [-0.4, -0.2) is 17.4 Å². The molecule has 1 saturated carbocycles. The molecule has 1 N–H and O–H groups in total. The zero-order valence-corrected chi connectivity index (χ0v) is 14.8. The van der Waals surface area contributed by atoms with E-state index in [0.29, 0.717) is 5.92 Å². The van der Waals surface area contributed by atoms with Gasteiger partial charge in [0.1, 0.15) is 5.75 Å². The molecule has 1 aliphatic carbocycles. The van der Waals surface area contributed by atoms with Crippen LogP contribution in [0.4, 0.5) is 10.1 Å². The monoisotopic (exact) mass is 378 g/mol. The fraction of sp³-hybridized carbons (Fsp3) is 0.389. The molecule has 1 amide bonds. The molecule has 0 spiro atoms. The van der Waals surface area contributed by atoms with Gasteiger partial charge >= 0.3 is 5.69 Å². The predicted molar refractivity (Wildman–Crippen MR) is 95.7 cm³/mol. The summed E-state index contributed by atoms with van der Waals surface area (Å²) in [5, 5.41) is 15.6. The van der Waals surface area contributed by atoms with Crippen LogP contribution in [0.3, 0.4) is 0 Å². The van der Waals surface area contributed by atoms with Crippen molar-refractivity contribution in [3.05, 3.63) is 56.5 Å². The molecule has 0 radical (unpaired) electrons. The number of amides is 1. The summed E-state index contributed by atoms with van der Waals surface area (Å²) in [6, 6.07) is 7.16. The third kappa shape index (κ3) is 4.37. The van der Waals surface area contributed by atoms with Gasteiger partial charge in [0.15, 0.2) is 6.61 Å². The Morgan fingerprint density at radius 3 is 2.77 bits per heavy atom. The maximum absolute atomic E-state index is 13.6. The topological polar surface area (TPSA) is 81.5 Å². The second kappa shape index (κ2) is 8.27. The SMILES string of the molecule is O=C(COc1ccc([N+](=O)[O-])c(F)c1)N[C@H](c1cccs1)C1CCCC1. The van der Waals surface area contributed by atoms with Crippen molar-refractivity contribution in [3.8, 4) is 5.75 Å². The average Bonchev–Trinajstić information content (AvgIpc) is 3.31. The normalized spacial score (nSPS) is 15.6. The van der Waals surface area contributed by atoms with Gasteiger partial charge in [-0.05, 0) is 36.3 Å². The Morgan fingerprint density at radius 1 is 1.38 bits per heavy atom. The number of thiophene rings is 1. The zero-order chi connectivity index (χ0) is 18.5. The van der Waals surface area contributed by atoms with E-state index in [2.05, 4.69) is 5.32 Å². The summed E-state index contributed by atoms with van der Waals surface area (Å²) < 4.78 is 18.9. The van der Waals surface area contributed by atoms with E-state index in [9.17, 15) is 19.3 Å². The average molecular weight is 378 g/mol. The number of nitrogens with one attached hydrogen (secondary N) is 1. The lowest BCUT2D eigenvalue weighted by Crippen LogP contribution is -2.35. The van der Waals surface area contributed by atoms with E-state index in [1.807, 2.05) is 17.5 Å². The molecular weight excluding hydrogens is 359 g/mol. The number of benzene rings is 1. The summed E-state index contributed by atoms with van der Waals surface area (Å²) in [5.41, 5.74) is -0.624. The van der Waals surface area contributed by atoms with Crippen molar-refractivity contribution in [2.75, 3.05) is 6.61 Å². The van der Waals surface area contributed by atoms with E-state index in [1.54, 1.807) is 11.3 Å². The molecule has 1 aliphatic rings. The highest BCUT2D eigenvalue weighted by Gasteiger charge is 2.28. The van der Waals surface area contributed by atoms with Crippen LogP contribution in [0.25, 0.3) is 0 Å². The van der Waals surface area contributed by atoms with Gasteiger partial charge in [-0.1, -0.05) is 18.9 Å². The van der Waals surface area contributed by atoms with Crippen LogP contribution in [0.1, 0.15) is 36.6 Å². The number of hydrogen-bond acceptors (Lipinski definition) is 5. The molecule has 8 heteroatoms. The first-order valence-electron chi connectivity index (χ1n) is 8.44. The van der Waals surface area contributed by atoms with Crippen LogP contribution in [0.2, 0.25) is 0 Å². The molecule has 138 valence electrons. The van der Waals surface area contributed by atoms with E-state index in [4.69, 9.17) is 4.74 Å². The molecule has 0 unspecified atom stereocenters. The summed E-state index contributed by atoms with van der Waals surface area (Å²) in [7, 11) is 0. The van der Waals surface area contributed by atoms with E-state index >= 15 is 0 Å². The Labute approximate surface area is 154 Å². The lowest BCUT2D eigenvalue weighted by Gasteiger charge is -2.23. The summed E-state index contributed by atoms with van der Waals surface area (Å²) in [5.74, 6) is -0.796. The standard InChI is InChI=1S/C18H19FN2O4S/c19-14-10-13(7-8-15(14)21(23)24)25-11-17(22)20-18(12-4-1-2-5-12)16-6-3-9-26-16/h3,6-10,12,18H,1-2,4-5,11H2,(H,20,22)/t18-/m0/s1. The van der Waals surface area contributed by atoms with Gasteiger partial charge in [0.05, 0.1) is 11.0 Å². The molecular formula is C18H19FN2O4S. The summed E-state index contributed by atoms with van der Waals surface area (Å²) in [6.07, 6.45) is 4.50. The molecule has 0 bridgehead atoms. The van der Waals surface area contributed by atoms with Crippen molar-refractivity contribution in [1.82, 2.24) is 5.32 Å². The van der Waals surface area contributed by atoms with Crippen LogP contribution in [-0.2, 0) is 4.79 Å². The van der Waals surface area contributed by atoms with Gasteiger partial charge in [0.25, 0.3) is 5.91 Å². The fourth-order valence-electron chi connectivity index (χ4n) is 3.27. The Bertz CT molecular complexity index is 776. The van der Waals surface area contributed by atoms with Crippen molar-refractivity contribution in [2.45, 2.75) is 31.7 Å². The van der Waals surface area contributed by atoms with Crippen LogP contribution in [0.5, 0.6) is 5.75 Å². The first kappa shape index (κ1) is 18.3. The minimum atomic E-state index is -0.990. The van der Waals surface area contributed by atoms with E-state index < -0.39 is 16.4 Å². The molecule has 1 aromatic carbocycles. The Hall–Kier alpha value is -2.48. The Morgan fingerprint density at radius 2 is 2.15 bits per heavy atom. The van der Waals surface area contributed by atoms with Crippen LogP contribution in [0.15, 0.2) is 35.7 Å². The Balaban J connectivity index is 1.60. The largest absolute Gasteiger partial charge is 0.484 e. The maximum Gasteiger partial charge on any atom is 0.305 e. The molecule has 26 heavy (non-hydrogen) atoms. The minimum Gasteiger partial charge on any atom is -0.484 e. The molecule has 2 aromatic rings. The third-order valence-corrected chi connectivity index (χ3v) is 5.48. The molecule has 1 aromatic heterocycles. The second-order valence-corrected chi connectivity index (χ2v) is 7.24. The smallest absolute Gasteiger partial charge is 0.305 e. The number of carbonyl (C=O) groups excluding carboxylic acids is 1. The first-order valence-corrected chi connectivity index (χ1v) is 9.32. The van der Waals surface area contributed by atoms with Crippen LogP contribution in [0, 0.1) is 21.8 Å². The number of ether oxygens (including phenoxy) is 1. The summed E-state index contributed by atoms with van der Waals surface area (Å²) >= 11 is 1.61. The van der Waals surface area contributed by atoms with Gasteiger partial charge in [-0.25, -0.2) is 0 Å². The molecule has 6 nitrogen and oxygen atoms in total. The number of rotatable bonds is 7. The predicted octanol–water partition coefficient (Wildman–Crippen LogP) is 4.22. The third-order valence-electron chi connectivity index (χ3n) is 4.52. The summed E-state index contributed by atoms with van der Waals surface area (Å²) in [6.45, 7) is -0.272. The van der Waals surface area contributed by atoms with Gasteiger partial charge in [0, 0.05) is 17.0 Å².